The third-order valence-electron chi connectivity index (χ3n) is 3.33. The number of hydrogen-bond acceptors (Lipinski definition) is 1. The van der Waals surface area contributed by atoms with Crippen LogP contribution in [0.2, 0.25) is 0 Å². The quantitative estimate of drug-likeness (QED) is 0.660. The number of hydrogen-bond donors (Lipinski definition) is 0. The minimum atomic E-state index is 0.343. The molecule has 1 fully saturated rings. The van der Waals surface area contributed by atoms with Gasteiger partial charge in [0.1, 0.15) is 0 Å². The van der Waals surface area contributed by atoms with Gasteiger partial charge in [-0.3, -0.25) is 4.79 Å². The predicted molar refractivity (Wildman–Crippen MR) is 63.7 cm³/mol. The Labute approximate surface area is 94.0 Å². The molecule has 0 radical (unpaired) electrons. The Balaban J connectivity index is 2.36. The number of carbonyl (C=O) groups is 1. The topological polar surface area (TPSA) is 20.3 Å². The largest absolute Gasteiger partial charge is 0.342 e. The first kappa shape index (κ1) is 12.5. The molecule has 0 spiro atoms. The first-order chi connectivity index (χ1) is 7.29. The highest BCUT2D eigenvalue weighted by Gasteiger charge is 2.27. The maximum absolute atomic E-state index is 12.1. The molecule has 1 amide bonds. The summed E-state index contributed by atoms with van der Waals surface area (Å²) in [6.45, 7) is 6.37. The Bertz CT molecular complexity index is 173. The van der Waals surface area contributed by atoms with E-state index in [2.05, 4.69) is 18.7 Å². The van der Waals surface area contributed by atoms with E-state index in [4.69, 9.17) is 0 Å². The molecule has 1 rings (SSSR count). The SMILES string of the molecule is CCCCC1CCCN(CCCC)C1=O. The zero-order chi connectivity index (χ0) is 11.1. The average molecular weight is 211 g/mol. The van der Waals surface area contributed by atoms with Crippen molar-refractivity contribution in [3.8, 4) is 0 Å². The molecule has 0 N–H and O–H groups in total. The first-order valence-corrected chi connectivity index (χ1v) is 6.58. The molecular formula is C13H25NO. The summed E-state index contributed by atoms with van der Waals surface area (Å²) < 4.78 is 0. The highest BCUT2D eigenvalue weighted by atomic mass is 16.2. The lowest BCUT2D eigenvalue weighted by Crippen LogP contribution is -2.41. The van der Waals surface area contributed by atoms with Gasteiger partial charge in [-0.05, 0) is 25.7 Å². The van der Waals surface area contributed by atoms with Crippen LogP contribution in [0.1, 0.15) is 58.8 Å². The Morgan fingerprint density at radius 1 is 1.27 bits per heavy atom. The third-order valence-corrected chi connectivity index (χ3v) is 3.33. The normalized spacial score (nSPS) is 22.1. The van der Waals surface area contributed by atoms with Crippen LogP contribution in [0.15, 0.2) is 0 Å². The van der Waals surface area contributed by atoms with Gasteiger partial charge in [-0.15, -0.1) is 0 Å². The van der Waals surface area contributed by atoms with Gasteiger partial charge in [0.2, 0.25) is 5.91 Å². The van der Waals surface area contributed by atoms with Gasteiger partial charge in [0.25, 0.3) is 0 Å². The van der Waals surface area contributed by atoms with Crippen LogP contribution in [0.3, 0.4) is 0 Å². The monoisotopic (exact) mass is 211 g/mol. The molecule has 0 bridgehead atoms. The van der Waals surface area contributed by atoms with Crippen molar-refractivity contribution in [2.75, 3.05) is 13.1 Å². The highest BCUT2D eigenvalue weighted by molar-refractivity contribution is 5.79. The minimum Gasteiger partial charge on any atom is -0.342 e. The molecular weight excluding hydrogens is 186 g/mol. The molecule has 1 unspecified atom stereocenters. The smallest absolute Gasteiger partial charge is 0.225 e. The Morgan fingerprint density at radius 2 is 2.00 bits per heavy atom. The lowest BCUT2D eigenvalue weighted by Gasteiger charge is -2.32. The van der Waals surface area contributed by atoms with E-state index >= 15 is 0 Å². The van der Waals surface area contributed by atoms with Crippen molar-refractivity contribution in [1.82, 2.24) is 4.90 Å². The number of piperidine rings is 1. The number of rotatable bonds is 6. The van der Waals surface area contributed by atoms with E-state index in [0.29, 0.717) is 11.8 Å². The van der Waals surface area contributed by atoms with Gasteiger partial charge >= 0.3 is 0 Å². The Kier molecular flexibility index (Phi) is 5.74. The van der Waals surface area contributed by atoms with Gasteiger partial charge < -0.3 is 4.90 Å². The lowest BCUT2D eigenvalue weighted by molar-refractivity contribution is -0.138. The number of carbonyl (C=O) groups excluding carboxylic acids is 1. The zero-order valence-corrected chi connectivity index (χ0v) is 10.3. The van der Waals surface area contributed by atoms with E-state index in [1.165, 1.54) is 25.7 Å². The van der Waals surface area contributed by atoms with Gasteiger partial charge in [-0.1, -0.05) is 33.1 Å². The summed E-state index contributed by atoms with van der Waals surface area (Å²) >= 11 is 0. The van der Waals surface area contributed by atoms with E-state index in [1.54, 1.807) is 0 Å². The van der Waals surface area contributed by atoms with Crippen molar-refractivity contribution in [2.45, 2.75) is 58.8 Å². The van der Waals surface area contributed by atoms with Crippen LogP contribution < -0.4 is 0 Å². The zero-order valence-electron chi connectivity index (χ0n) is 10.3. The molecule has 0 aromatic rings. The number of likely N-dealkylation sites (tertiary alicyclic amines) is 1. The second kappa shape index (κ2) is 6.86. The standard InChI is InChI=1S/C13H25NO/c1-3-5-8-12-9-7-11-14(13(12)15)10-6-4-2/h12H,3-11H2,1-2H3. The van der Waals surface area contributed by atoms with Crippen LogP contribution in [0.4, 0.5) is 0 Å². The molecule has 15 heavy (non-hydrogen) atoms. The minimum absolute atomic E-state index is 0.343. The van der Waals surface area contributed by atoms with Crippen LogP contribution in [-0.4, -0.2) is 23.9 Å². The van der Waals surface area contributed by atoms with E-state index < -0.39 is 0 Å². The van der Waals surface area contributed by atoms with Crippen molar-refractivity contribution >= 4 is 5.91 Å². The van der Waals surface area contributed by atoms with Crippen LogP contribution >= 0.6 is 0 Å². The maximum atomic E-state index is 12.1. The molecule has 1 saturated heterocycles. The lowest BCUT2D eigenvalue weighted by atomic mass is 9.92. The summed E-state index contributed by atoms with van der Waals surface area (Å²) in [5, 5.41) is 0. The molecule has 0 aromatic carbocycles. The van der Waals surface area contributed by atoms with Crippen LogP contribution in [0.5, 0.6) is 0 Å². The molecule has 0 aliphatic carbocycles. The fourth-order valence-corrected chi connectivity index (χ4v) is 2.31. The van der Waals surface area contributed by atoms with E-state index in [1.807, 2.05) is 0 Å². The summed E-state index contributed by atoms with van der Waals surface area (Å²) in [4.78, 5) is 14.2. The van der Waals surface area contributed by atoms with Gasteiger partial charge in [0, 0.05) is 19.0 Å². The predicted octanol–water partition coefficient (Wildman–Crippen LogP) is 3.22. The van der Waals surface area contributed by atoms with Crippen molar-refractivity contribution in [2.24, 2.45) is 5.92 Å². The summed E-state index contributed by atoms with van der Waals surface area (Å²) in [5.74, 6) is 0.777. The van der Waals surface area contributed by atoms with Gasteiger partial charge in [0.05, 0.1) is 0 Å². The molecule has 0 aromatic heterocycles. The molecule has 0 saturated carbocycles. The maximum Gasteiger partial charge on any atom is 0.225 e. The number of unbranched alkanes of at least 4 members (excludes halogenated alkanes) is 2. The summed E-state index contributed by atoms with van der Waals surface area (Å²) in [5.41, 5.74) is 0. The second-order valence-electron chi connectivity index (χ2n) is 4.66. The van der Waals surface area contributed by atoms with Gasteiger partial charge in [-0.2, -0.15) is 0 Å². The Morgan fingerprint density at radius 3 is 2.67 bits per heavy atom. The summed E-state index contributed by atoms with van der Waals surface area (Å²) in [6, 6.07) is 0. The first-order valence-electron chi connectivity index (χ1n) is 6.58. The van der Waals surface area contributed by atoms with E-state index in [9.17, 15) is 4.79 Å². The fourth-order valence-electron chi connectivity index (χ4n) is 2.31. The van der Waals surface area contributed by atoms with Crippen molar-refractivity contribution in [3.63, 3.8) is 0 Å². The van der Waals surface area contributed by atoms with Crippen molar-refractivity contribution in [1.29, 1.82) is 0 Å². The summed E-state index contributed by atoms with van der Waals surface area (Å²) in [7, 11) is 0. The summed E-state index contributed by atoms with van der Waals surface area (Å²) in [6.07, 6.45) is 8.20. The fraction of sp³-hybridized carbons (Fsp3) is 0.923. The van der Waals surface area contributed by atoms with Gasteiger partial charge in [-0.25, -0.2) is 0 Å². The van der Waals surface area contributed by atoms with Crippen LogP contribution in [-0.2, 0) is 4.79 Å². The average Bonchev–Trinajstić information content (AvgIpc) is 2.26. The molecule has 2 heteroatoms. The molecule has 2 nitrogen and oxygen atoms in total. The second-order valence-corrected chi connectivity index (χ2v) is 4.66. The third kappa shape index (κ3) is 3.84. The van der Waals surface area contributed by atoms with Crippen molar-refractivity contribution < 1.29 is 4.79 Å². The Hall–Kier alpha value is -0.530. The molecule has 1 heterocycles. The number of amides is 1. The van der Waals surface area contributed by atoms with E-state index in [-0.39, 0.29) is 0 Å². The van der Waals surface area contributed by atoms with Crippen LogP contribution in [0.25, 0.3) is 0 Å². The molecule has 1 aliphatic rings. The van der Waals surface area contributed by atoms with Crippen LogP contribution in [0, 0.1) is 5.92 Å². The van der Waals surface area contributed by atoms with Crippen molar-refractivity contribution in [3.05, 3.63) is 0 Å². The van der Waals surface area contributed by atoms with E-state index in [0.717, 1.165) is 32.4 Å². The van der Waals surface area contributed by atoms with Gasteiger partial charge in [0.15, 0.2) is 0 Å². The molecule has 1 aliphatic heterocycles. The molecule has 88 valence electrons. The highest BCUT2D eigenvalue weighted by Crippen LogP contribution is 2.23. The number of nitrogens with zero attached hydrogens (tertiary/aromatic N) is 1. The molecule has 1 atom stereocenters.